The van der Waals surface area contributed by atoms with Gasteiger partial charge in [0, 0.05) is 5.30 Å². The highest BCUT2D eigenvalue weighted by Gasteiger charge is 2.27. The molecule has 0 spiro atoms. The first kappa shape index (κ1) is 14.6. The third kappa shape index (κ3) is 3.76. The Kier molecular flexibility index (Phi) is 5.55. The van der Waals surface area contributed by atoms with Crippen molar-refractivity contribution in [2.75, 3.05) is 0 Å². The van der Waals surface area contributed by atoms with Crippen LogP contribution in [0.4, 0.5) is 4.39 Å². The SMILES string of the molecule is CCCCC(O)(CCC)c1ccc(F)c(P)c1. The molecule has 17 heavy (non-hydrogen) atoms. The first-order chi connectivity index (χ1) is 8.03. The van der Waals surface area contributed by atoms with Crippen LogP contribution in [0.25, 0.3) is 0 Å². The fourth-order valence-corrected chi connectivity index (χ4v) is 2.41. The molecule has 0 aromatic heterocycles. The Hall–Kier alpha value is -0.460. The molecular weight excluding hydrogens is 234 g/mol. The lowest BCUT2D eigenvalue weighted by molar-refractivity contribution is 0.0156. The van der Waals surface area contributed by atoms with E-state index in [1.54, 1.807) is 12.1 Å². The maximum absolute atomic E-state index is 13.2. The molecule has 0 aliphatic rings. The first-order valence-electron chi connectivity index (χ1n) is 6.31. The van der Waals surface area contributed by atoms with Crippen molar-refractivity contribution in [3.63, 3.8) is 0 Å². The summed E-state index contributed by atoms with van der Waals surface area (Å²) in [7, 11) is 2.38. The number of hydrogen-bond acceptors (Lipinski definition) is 1. The van der Waals surface area contributed by atoms with E-state index in [9.17, 15) is 9.50 Å². The van der Waals surface area contributed by atoms with Gasteiger partial charge in [-0.1, -0.05) is 39.2 Å². The highest BCUT2D eigenvalue weighted by molar-refractivity contribution is 7.27. The number of rotatable bonds is 6. The van der Waals surface area contributed by atoms with Crippen molar-refractivity contribution < 1.29 is 9.50 Å². The van der Waals surface area contributed by atoms with Gasteiger partial charge in [0.15, 0.2) is 0 Å². The molecule has 0 aliphatic heterocycles. The Balaban J connectivity index is 2.99. The quantitative estimate of drug-likeness (QED) is 0.772. The Bertz CT molecular complexity index is 367. The smallest absolute Gasteiger partial charge is 0.130 e. The molecule has 0 amide bonds. The zero-order valence-electron chi connectivity index (χ0n) is 10.7. The molecule has 3 heteroatoms. The summed E-state index contributed by atoms with van der Waals surface area (Å²) in [5.41, 5.74) is 0.0308. The van der Waals surface area contributed by atoms with Gasteiger partial charge in [0.2, 0.25) is 0 Å². The molecule has 0 radical (unpaired) electrons. The molecule has 0 bridgehead atoms. The van der Waals surface area contributed by atoms with E-state index in [1.807, 2.05) is 0 Å². The zero-order valence-corrected chi connectivity index (χ0v) is 11.8. The van der Waals surface area contributed by atoms with Crippen LogP contribution in [0.15, 0.2) is 18.2 Å². The second-order valence-corrected chi connectivity index (χ2v) is 5.24. The monoisotopic (exact) mass is 256 g/mol. The highest BCUT2D eigenvalue weighted by atomic mass is 31.0. The molecule has 2 atom stereocenters. The van der Waals surface area contributed by atoms with E-state index in [0.717, 1.165) is 37.7 Å². The van der Waals surface area contributed by atoms with E-state index in [1.165, 1.54) is 6.07 Å². The second-order valence-electron chi connectivity index (χ2n) is 4.62. The van der Waals surface area contributed by atoms with Gasteiger partial charge in [0.05, 0.1) is 5.60 Å². The number of unbranched alkanes of at least 4 members (excludes halogenated alkanes) is 1. The standard InChI is InChI=1S/C14H22FOP/c1-3-5-9-14(16,8-4-2)11-6-7-12(15)13(17)10-11/h6-7,10,16H,3-5,8-9,17H2,1-2H3. The van der Waals surface area contributed by atoms with Gasteiger partial charge < -0.3 is 5.11 Å². The minimum absolute atomic E-state index is 0.243. The number of hydrogen-bond donors (Lipinski definition) is 1. The van der Waals surface area contributed by atoms with Gasteiger partial charge in [0.1, 0.15) is 5.82 Å². The van der Waals surface area contributed by atoms with Gasteiger partial charge in [-0.15, -0.1) is 9.24 Å². The van der Waals surface area contributed by atoms with Gasteiger partial charge in [-0.3, -0.25) is 0 Å². The van der Waals surface area contributed by atoms with Crippen molar-refractivity contribution in [3.05, 3.63) is 29.6 Å². The van der Waals surface area contributed by atoms with Crippen LogP contribution in [0.2, 0.25) is 0 Å². The predicted molar refractivity (Wildman–Crippen MR) is 74.1 cm³/mol. The maximum atomic E-state index is 13.2. The van der Waals surface area contributed by atoms with Crippen LogP contribution < -0.4 is 5.30 Å². The minimum Gasteiger partial charge on any atom is -0.385 e. The van der Waals surface area contributed by atoms with E-state index in [0.29, 0.717) is 5.30 Å². The molecule has 1 nitrogen and oxygen atoms in total. The van der Waals surface area contributed by atoms with Crippen molar-refractivity contribution in [3.8, 4) is 0 Å². The Labute approximate surface area is 106 Å². The summed E-state index contributed by atoms with van der Waals surface area (Å²) in [5.74, 6) is -0.243. The molecule has 0 fully saturated rings. The Morgan fingerprint density at radius 3 is 2.47 bits per heavy atom. The van der Waals surface area contributed by atoms with Crippen LogP contribution in [0, 0.1) is 5.82 Å². The lowest BCUT2D eigenvalue weighted by atomic mass is 9.85. The first-order valence-corrected chi connectivity index (χ1v) is 6.89. The summed E-state index contributed by atoms with van der Waals surface area (Å²) < 4.78 is 13.2. The van der Waals surface area contributed by atoms with Crippen molar-refractivity contribution in [2.24, 2.45) is 0 Å². The molecule has 96 valence electrons. The normalized spacial score (nSPS) is 14.6. The third-order valence-corrected chi connectivity index (χ3v) is 3.58. The molecule has 1 N–H and O–H groups in total. The van der Waals surface area contributed by atoms with E-state index >= 15 is 0 Å². The summed E-state index contributed by atoms with van der Waals surface area (Å²) in [5, 5.41) is 11.2. The zero-order chi connectivity index (χ0) is 12.9. The predicted octanol–water partition coefficient (Wildman–Crippen LogP) is 3.50. The topological polar surface area (TPSA) is 20.2 Å². The number of aliphatic hydroxyl groups is 1. The van der Waals surface area contributed by atoms with Crippen LogP contribution in [0.1, 0.15) is 51.5 Å². The molecule has 0 saturated carbocycles. The molecule has 1 aromatic rings. The summed E-state index contributed by atoms with van der Waals surface area (Å²) in [6.45, 7) is 4.17. The van der Waals surface area contributed by atoms with Crippen LogP contribution in [0.3, 0.4) is 0 Å². The van der Waals surface area contributed by atoms with Gasteiger partial charge in [-0.05, 0) is 30.5 Å². The number of benzene rings is 1. The summed E-state index contributed by atoms with van der Waals surface area (Å²) in [6.07, 6.45) is 4.43. The van der Waals surface area contributed by atoms with Crippen molar-refractivity contribution in [2.45, 2.75) is 51.6 Å². The van der Waals surface area contributed by atoms with Crippen LogP contribution in [-0.2, 0) is 5.60 Å². The van der Waals surface area contributed by atoms with E-state index in [-0.39, 0.29) is 5.82 Å². The van der Waals surface area contributed by atoms with Gasteiger partial charge in [-0.2, -0.15) is 0 Å². The molecule has 0 saturated heterocycles. The third-order valence-electron chi connectivity index (χ3n) is 3.14. The van der Waals surface area contributed by atoms with E-state index < -0.39 is 5.60 Å². The Morgan fingerprint density at radius 1 is 1.24 bits per heavy atom. The van der Waals surface area contributed by atoms with Gasteiger partial charge in [0.25, 0.3) is 0 Å². The van der Waals surface area contributed by atoms with Crippen LogP contribution >= 0.6 is 9.24 Å². The molecule has 1 rings (SSSR count). The Morgan fingerprint density at radius 2 is 1.94 bits per heavy atom. The fourth-order valence-electron chi connectivity index (χ4n) is 2.13. The average Bonchev–Trinajstić information content (AvgIpc) is 2.30. The molecule has 2 unspecified atom stereocenters. The highest BCUT2D eigenvalue weighted by Crippen LogP contribution is 2.32. The average molecular weight is 256 g/mol. The second kappa shape index (κ2) is 6.47. The van der Waals surface area contributed by atoms with Crippen molar-refractivity contribution in [1.82, 2.24) is 0 Å². The lowest BCUT2D eigenvalue weighted by Gasteiger charge is -2.29. The van der Waals surface area contributed by atoms with E-state index in [2.05, 4.69) is 23.1 Å². The molecular formula is C14H22FOP. The largest absolute Gasteiger partial charge is 0.385 e. The van der Waals surface area contributed by atoms with Crippen molar-refractivity contribution in [1.29, 1.82) is 0 Å². The van der Waals surface area contributed by atoms with Gasteiger partial charge >= 0.3 is 0 Å². The molecule has 0 aliphatic carbocycles. The fraction of sp³-hybridized carbons (Fsp3) is 0.571. The molecule has 0 heterocycles. The number of halogens is 1. The van der Waals surface area contributed by atoms with Crippen LogP contribution in [-0.4, -0.2) is 5.11 Å². The maximum Gasteiger partial charge on any atom is 0.130 e. The van der Waals surface area contributed by atoms with Crippen molar-refractivity contribution >= 4 is 14.5 Å². The summed E-state index contributed by atoms with van der Waals surface area (Å²) in [4.78, 5) is 0. The summed E-state index contributed by atoms with van der Waals surface area (Å²) in [6, 6.07) is 4.88. The minimum atomic E-state index is -0.802. The molecule has 1 aromatic carbocycles. The van der Waals surface area contributed by atoms with E-state index in [4.69, 9.17) is 0 Å². The lowest BCUT2D eigenvalue weighted by Crippen LogP contribution is -2.26. The van der Waals surface area contributed by atoms with Gasteiger partial charge in [-0.25, -0.2) is 4.39 Å². The summed E-state index contributed by atoms with van der Waals surface area (Å²) >= 11 is 0. The van der Waals surface area contributed by atoms with Crippen LogP contribution in [0.5, 0.6) is 0 Å².